The molecule has 3 aliphatic rings. The summed E-state index contributed by atoms with van der Waals surface area (Å²) >= 11 is 4.84. The fourth-order valence-electron chi connectivity index (χ4n) is 4.76. The van der Waals surface area contributed by atoms with Crippen molar-refractivity contribution in [1.82, 2.24) is 4.98 Å². The number of thiazole rings is 1. The Hall–Kier alpha value is -2.33. The summed E-state index contributed by atoms with van der Waals surface area (Å²) in [5, 5.41) is 15.9. The lowest BCUT2D eigenvalue weighted by atomic mass is 9.79. The summed E-state index contributed by atoms with van der Waals surface area (Å²) in [6.45, 7) is 0. The van der Waals surface area contributed by atoms with Crippen LogP contribution < -0.4 is 5.32 Å². The number of nitro benzene ring substituents is 1. The van der Waals surface area contributed by atoms with Gasteiger partial charge in [-0.15, -0.1) is 11.3 Å². The number of hydrogen-bond acceptors (Lipinski definition) is 7. The number of esters is 1. The van der Waals surface area contributed by atoms with E-state index < -0.39 is 10.8 Å². The molecule has 8 nitrogen and oxygen atoms in total. The Bertz CT molecular complexity index is 1010. The van der Waals surface area contributed by atoms with E-state index in [2.05, 4.69) is 26.2 Å². The molecule has 1 aromatic carbocycles. The van der Waals surface area contributed by atoms with E-state index in [4.69, 9.17) is 4.74 Å². The zero-order chi connectivity index (χ0) is 19.6. The lowest BCUT2D eigenvalue weighted by Crippen LogP contribution is -2.40. The average Bonchev–Trinajstić information content (AvgIpc) is 3.40. The maximum absolute atomic E-state index is 12.9. The van der Waals surface area contributed by atoms with Crippen LogP contribution in [0.25, 0.3) is 11.3 Å². The van der Waals surface area contributed by atoms with Crippen molar-refractivity contribution in [2.45, 2.75) is 17.4 Å². The van der Waals surface area contributed by atoms with Crippen LogP contribution in [-0.4, -0.2) is 32.7 Å². The molecule has 2 bridgehead atoms. The van der Waals surface area contributed by atoms with E-state index in [0.717, 1.165) is 6.42 Å². The molecule has 144 valence electrons. The molecule has 1 amide bonds. The standard InChI is InChI=1S/C18H14BrN3O5S/c19-14-9-5-10-13(17(24)27-15(10)14)12(9)16(23)21-18-20-11(6-28-18)7-2-1-3-8(4-7)22(25)26/h1-4,6,9-10,12-15H,5H2,(H,20,21,23)/t9-,10-,12-,13+,14-,15+/m1/s1. The molecule has 28 heavy (non-hydrogen) atoms. The van der Waals surface area contributed by atoms with Gasteiger partial charge in [-0.3, -0.25) is 19.7 Å². The minimum atomic E-state index is -0.460. The smallest absolute Gasteiger partial charge is 0.310 e. The molecule has 5 rings (SSSR count). The zero-order valence-electron chi connectivity index (χ0n) is 14.3. The Morgan fingerprint density at radius 1 is 1.39 bits per heavy atom. The van der Waals surface area contributed by atoms with Crippen LogP contribution in [-0.2, 0) is 14.3 Å². The molecular weight excluding hydrogens is 450 g/mol. The number of non-ortho nitro benzene ring substituents is 1. The summed E-state index contributed by atoms with van der Waals surface area (Å²) in [5.41, 5.74) is 1.14. The monoisotopic (exact) mass is 463 g/mol. The number of nitro groups is 1. The number of anilines is 1. The summed E-state index contributed by atoms with van der Waals surface area (Å²) in [6, 6.07) is 6.19. The van der Waals surface area contributed by atoms with E-state index in [0.29, 0.717) is 16.4 Å². The van der Waals surface area contributed by atoms with Crippen LogP contribution in [0.3, 0.4) is 0 Å². The van der Waals surface area contributed by atoms with Crippen molar-refractivity contribution in [3.63, 3.8) is 0 Å². The van der Waals surface area contributed by atoms with E-state index in [-0.39, 0.29) is 46.2 Å². The zero-order valence-corrected chi connectivity index (χ0v) is 16.7. The number of amides is 1. The number of halogens is 1. The number of carbonyl (C=O) groups excluding carboxylic acids is 2. The van der Waals surface area contributed by atoms with Gasteiger partial charge >= 0.3 is 5.97 Å². The normalized spacial score (nSPS) is 32.4. The first-order chi connectivity index (χ1) is 13.4. The van der Waals surface area contributed by atoms with Crippen LogP contribution >= 0.6 is 27.3 Å². The Kier molecular flexibility index (Phi) is 4.02. The number of aromatic nitrogens is 1. The fourth-order valence-corrected chi connectivity index (χ4v) is 6.53. The Labute approximate surface area is 171 Å². The number of carbonyl (C=O) groups is 2. The largest absolute Gasteiger partial charge is 0.461 e. The number of alkyl halides is 1. The van der Waals surface area contributed by atoms with Crippen LogP contribution in [0, 0.1) is 33.8 Å². The number of nitrogens with zero attached hydrogens (tertiary/aromatic N) is 2. The summed E-state index contributed by atoms with van der Waals surface area (Å²) in [5.74, 6) is -1.13. The first kappa shape index (κ1) is 17.7. The highest BCUT2D eigenvalue weighted by atomic mass is 79.9. The molecule has 2 saturated carbocycles. The third-order valence-electron chi connectivity index (χ3n) is 5.91. The van der Waals surface area contributed by atoms with Gasteiger partial charge in [0.15, 0.2) is 5.13 Å². The van der Waals surface area contributed by atoms with Gasteiger partial charge in [-0.2, -0.15) is 0 Å². The van der Waals surface area contributed by atoms with Gasteiger partial charge in [0.25, 0.3) is 5.69 Å². The lowest BCUT2D eigenvalue weighted by Gasteiger charge is -2.27. The van der Waals surface area contributed by atoms with Gasteiger partial charge in [-0.05, 0) is 12.3 Å². The first-order valence-electron chi connectivity index (χ1n) is 8.80. The lowest BCUT2D eigenvalue weighted by molar-refractivity contribution is -0.384. The quantitative estimate of drug-likeness (QED) is 0.322. The molecule has 1 aromatic heterocycles. The molecular formula is C18H14BrN3O5S. The topological polar surface area (TPSA) is 111 Å². The van der Waals surface area contributed by atoms with Crippen molar-refractivity contribution in [3.8, 4) is 11.3 Å². The van der Waals surface area contributed by atoms with Gasteiger partial charge in [-0.1, -0.05) is 28.1 Å². The average molecular weight is 464 g/mol. The summed E-state index contributed by atoms with van der Waals surface area (Å²) in [6.07, 6.45) is 0.693. The van der Waals surface area contributed by atoms with Crippen molar-refractivity contribution < 1.29 is 19.2 Å². The molecule has 0 unspecified atom stereocenters. The van der Waals surface area contributed by atoms with Crippen LogP contribution in [0.5, 0.6) is 0 Å². The summed E-state index contributed by atoms with van der Waals surface area (Å²) in [4.78, 5) is 40.0. The molecule has 2 aromatic rings. The van der Waals surface area contributed by atoms with Gasteiger partial charge in [0.1, 0.15) is 6.10 Å². The summed E-state index contributed by atoms with van der Waals surface area (Å²) < 4.78 is 5.44. The van der Waals surface area contributed by atoms with Crippen molar-refractivity contribution in [3.05, 3.63) is 39.8 Å². The SMILES string of the molecule is O=C(Nc1nc(-c2cccc([N+](=O)[O-])c2)cs1)[C@@H]1[C@H]2C[C@H]3[C@H](OC(=O)[C@@H]31)[C@@H]2Br. The van der Waals surface area contributed by atoms with Crippen LogP contribution in [0.1, 0.15) is 6.42 Å². The van der Waals surface area contributed by atoms with Crippen molar-refractivity contribution in [2.24, 2.45) is 23.7 Å². The molecule has 0 radical (unpaired) electrons. The number of nitrogens with one attached hydrogen (secondary N) is 1. The third kappa shape index (κ3) is 2.58. The van der Waals surface area contributed by atoms with Crippen LogP contribution in [0.15, 0.2) is 29.6 Å². The predicted octanol–water partition coefficient (Wildman–Crippen LogP) is 3.23. The van der Waals surface area contributed by atoms with Crippen molar-refractivity contribution in [2.75, 3.05) is 5.32 Å². The van der Waals surface area contributed by atoms with E-state index in [9.17, 15) is 19.7 Å². The summed E-state index contributed by atoms with van der Waals surface area (Å²) in [7, 11) is 0. The highest BCUT2D eigenvalue weighted by Crippen LogP contribution is 2.60. The molecule has 2 aliphatic carbocycles. The molecule has 6 atom stereocenters. The fraction of sp³-hybridized carbons (Fsp3) is 0.389. The Morgan fingerprint density at radius 3 is 3.00 bits per heavy atom. The molecule has 1 saturated heterocycles. The van der Waals surface area contributed by atoms with E-state index in [1.54, 1.807) is 17.5 Å². The minimum absolute atomic E-state index is 0.00711. The first-order valence-corrected chi connectivity index (χ1v) is 10.6. The molecule has 1 aliphatic heterocycles. The Morgan fingerprint density at radius 2 is 2.21 bits per heavy atom. The molecule has 2 heterocycles. The highest BCUT2D eigenvalue weighted by molar-refractivity contribution is 9.09. The van der Waals surface area contributed by atoms with Gasteiger partial charge < -0.3 is 10.1 Å². The second-order valence-electron chi connectivity index (χ2n) is 7.30. The molecule has 3 fully saturated rings. The molecule has 10 heteroatoms. The van der Waals surface area contributed by atoms with E-state index in [1.165, 1.54) is 23.5 Å². The number of ether oxygens (including phenoxy) is 1. The Balaban J connectivity index is 1.35. The van der Waals surface area contributed by atoms with Crippen LogP contribution in [0.4, 0.5) is 10.8 Å². The van der Waals surface area contributed by atoms with E-state index in [1.807, 2.05) is 0 Å². The number of hydrogen-bond donors (Lipinski definition) is 1. The number of fused-ring (bicyclic) bond motifs is 1. The third-order valence-corrected chi connectivity index (χ3v) is 7.87. The number of rotatable bonds is 4. The van der Waals surface area contributed by atoms with Gasteiger partial charge in [-0.25, -0.2) is 4.98 Å². The van der Waals surface area contributed by atoms with Crippen LogP contribution in [0.2, 0.25) is 0 Å². The second-order valence-corrected chi connectivity index (χ2v) is 9.21. The molecule has 1 N–H and O–H groups in total. The van der Waals surface area contributed by atoms with Crippen molar-refractivity contribution >= 4 is 50.0 Å². The van der Waals surface area contributed by atoms with Gasteiger partial charge in [0.2, 0.25) is 5.91 Å². The van der Waals surface area contributed by atoms with Gasteiger partial charge in [0.05, 0.1) is 27.3 Å². The van der Waals surface area contributed by atoms with E-state index >= 15 is 0 Å². The maximum atomic E-state index is 12.9. The minimum Gasteiger partial charge on any atom is -0.461 e. The molecule has 0 spiro atoms. The second kappa shape index (κ2) is 6.35. The van der Waals surface area contributed by atoms with Crippen molar-refractivity contribution in [1.29, 1.82) is 0 Å². The predicted molar refractivity (Wildman–Crippen MR) is 104 cm³/mol. The maximum Gasteiger partial charge on any atom is 0.310 e. The van der Waals surface area contributed by atoms with Gasteiger partial charge in [0, 0.05) is 29.0 Å². The number of benzene rings is 1. The highest BCUT2D eigenvalue weighted by Gasteiger charge is 2.67.